The Balaban J connectivity index is 2.03. The number of hydrogen-bond acceptors (Lipinski definition) is 2. The zero-order chi connectivity index (χ0) is 13.1. The van der Waals surface area contributed by atoms with Crippen molar-refractivity contribution in [1.82, 2.24) is 0 Å². The maximum absolute atomic E-state index is 11.9. The molecule has 1 aromatic rings. The van der Waals surface area contributed by atoms with Crippen molar-refractivity contribution < 1.29 is 9.53 Å². The second-order valence-electron chi connectivity index (χ2n) is 5.28. The molecule has 0 radical (unpaired) electrons. The molecule has 0 spiro atoms. The molecule has 2 rings (SSSR count). The third-order valence-corrected chi connectivity index (χ3v) is 3.49. The molecule has 0 saturated carbocycles. The first kappa shape index (κ1) is 13.0. The third-order valence-electron chi connectivity index (χ3n) is 3.49. The number of hydrogen-bond donors (Lipinski definition) is 0. The average molecular weight is 244 g/mol. The van der Waals surface area contributed by atoms with E-state index in [0.29, 0.717) is 12.5 Å². The first-order chi connectivity index (χ1) is 8.59. The molecule has 1 aliphatic rings. The van der Waals surface area contributed by atoms with Crippen LogP contribution in [0.4, 0.5) is 0 Å². The molecule has 0 amide bonds. The van der Waals surface area contributed by atoms with Crippen LogP contribution in [0.2, 0.25) is 0 Å². The van der Waals surface area contributed by atoms with Crippen molar-refractivity contribution >= 4 is 5.78 Å². The highest BCUT2D eigenvalue weighted by atomic mass is 16.5. The van der Waals surface area contributed by atoms with Crippen molar-refractivity contribution in [3.8, 4) is 0 Å². The van der Waals surface area contributed by atoms with Gasteiger partial charge in [-0.25, -0.2) is 0 Å². The van der Waals surface area contributed by atoms with E-state index in [1.165, 1.54) is 0 Å². The number of rotatable bonds is 4. The van der Waals surface area contributed by atoms with Gasteiger partial charge in [-0.1, -0.05) is 49.8 Å². The van der Waals surface area contributed by atoms with Gasteiger partial charge in [0.25, 0.3) is 0 Å². The molecule has 2 heteroatoms. The number of carbonyl (C=O) groups is 1. The number of ketones is 1. The molecule has 0 heterocycles. The maximum Gasteiger partial charge on any atom is 0.184 e. The fourth-order valence-corrected chi connectivity index (χ4v) is 2.64. The lowest BCUT2D eigenvalue weighted by Gasteiger charge is -2.24. The van der Waals surface area contributed by atoms with E-state index < -0.39 is 0 Å². The number of carbonyl (C=O) groups excluding carboxylic acids is 1. The largest absolute Gasteiger partial charge is 0.365 e. The standard InChI is InChI=1S/C16H20O2/c1-11(2)15-12(3)9-14(17)16(15)18-10-13-7-5-4-6-8-13/h4-9,11,15-16H,10H2,1-3H3/t15-,16+/m0/s1. The molecule has 0 saturated heterocycles. The zero-order valence-electron chi connectivity index (χ0n) is 11.2. The molecule has 0 aromatic heterocycles. The van der Waals surface area contributed by atoms with Gasteiger partial charge in [-0.3, -0.25) is 4.79 Å². The summed E-state index contributed by atoms with van der Waals surface area (Å²) < 4.78 is 5.84. The lowest BCUT2D eigenvalue weighted by atomic mass is 9.88. The molecule has 0 N–H and O–H groups in total. The van der Waals surface area contributed by atoms with Crippen molar-refractivity contribution in [2.24, 2.45) is 11.8 Å². The molecule has 0 bridgehead atoms. The van der Waals surface area contributed by atoms with Gasteiger partial charge in [-0.15, -0.1) is 0 Å². The second-order valence-corrected chi connectivity index (χ2v) is 5.28. The van der Waals surface area contributed by atoms with Crippen molar-refractivity contribution in [3.05, 3.63) is 47.5 Å². The Kier molecular flexibility index (Phi) is 3.97. The van der Waals surface area contributed by atoms with Crippen LogP contribution in [0.1, 0.15) is 26.3 Å². The van der Waals surface area contributed by atoms with Crippen LogP contribution < -0.4 is 0 Å². The monoisotopic (exact) mass is 244 g/mol. The minimum atomic E-state index is -0.301. The Hall–Kier alpha value is -1.41. The Bertz CT molecular complexity index is 445. The topological polar surface area (TPSA) is 26.3 Å². The fourth-order valence-electron chi connectivity index (χ4n) is 2.64. The summed E-state index contributed by atoms with van der Waals surface area (Å²) in [5, 5.41) is 0. The Morgan fingerprint density at radius 3 is 2.50 bits per heavy atom. The predicted octanol–water partition coefficient (Wildman–Crippen LogP) is 3.37. The minimum Gasteiger partial charge on any atom is -0.365 e. The zero-order valence-corrected chi connectivity index (χ0v) is 11.2. The summed E-state index contributed by atoms with van der Waals surface area (Å²) >= 11 is 0. The maximum atomic E-state index is 11.9. The van der Waals surface area contributed by atoms with Gasteiger partial charge in [-0.2, -0.15) is 0 Å². The molecule has 0 unspecified atom stereocenters. The summed E-state index contributed by atoms with van der Waals surface area (Å²) in [5.41, 5.74) is 2.26. The van der Waals surface area contributed by atoms with E-state index in [4.69, 9.17) is 4.74 Å². The van der Waals surface area contributed by atoms with E-state index in [0.717, 1.165) is 11.1 Å². The van der Waals surface area contributed by atoms with E-state index in [1.807, 2.05) is 37.3 Å². The van der Waals surface area contributed by atoms with E-state index in [-0.39, 0.29) is 17.8 Å². The molecular weight excluding hydrogens is 224 g/mol. The van der Waals surface area contributed by atoms with Crippen LogP contribution in [0.5, 0.6) is 0 Å². The highest BCUT2D eigenvalue weighted by molar-refractivity contribution is 5.97. The van der Waals surface area contributed by atoms with Crippen LogP contribution >= 0.6 is 0 Å². The first-order valence-corrected chi connectivity index (χ1v) is 6.47. The Morgan fingerprint density at radius 1 is 1.22 bits per heavy atom. The average Bonchev–Trinajstić information content (AvgIpc) is 2.62. The number of ether oxygens (including phenoxy) is 1. The summed E-state index contributed by atoms with van der Waals surface area (Å²) in [5.74, 6) is 0.761. The van der Waals surface area contributed by atoms with Gasteiger partial charge < -0.3 is 4.74 Å². The van der Waals surface area contributed by atoms with Crippen molar-refractivity contribution in [1.29, 1.82) is 0 Å². The molecule has 2 atom stereocenters. The van der Waals surface area contributed by atoms with Crippen molar-refractivity contribution in [2.75, 3.05) is 0 Å². The molecular formula is C16H20O2. The van der Waals surface area contributed by atoms with Gasteiger partial charge in [0.05, 0.1) is 6.61 Å². The number of benzene rings is 1. The summed E-state index contributed by atoms with van der Waals surface area (Å²) in [6.45, 7) is 6.80. The summed E-state index contributed by atoms with van der Waals surface area (Å²) in [4.78, 5) is 11.9. The SMILES string of the molecule is CC1=CC(=O)[C@@H](OCc2ccccc2)[C@H]1C(C)C. The van der Waals surface area contributed by atoms with Gasteiger partial charge in [0.15, 0.2) is 5.78 Å². The molecule has 1 aliphatic carbocycles. The second kappa shape index (κ2) is 5.49. The first-order valence-electron chi connectivity index (χ1n) is 6.47. The Morgan fingerprint density at radius 2 is 1.89 bits per heavy atom. The van der Waals surface area contributed by atoms with E-state index in [2.05, 4.69) is 13.8 Å². The van der Waals surface area contributed by atoms with Crippen molar-refractivity contribution in [3.63, 3.8) is 0 Å². The lowest BCUT2D eigenvalue weighted by Crippen LogP contribution is -2.30. The van der Waals surface area contributed by atoms with E-state index in [9.17, 15) is 4.79 Å². The molecule has 18 heavy (non-hydrogen) atoms. The van der Waals surface area contributed by atoms with Gasteiger partial charge in [0.1, 0.15) is 6.10 Å². The van der Waals surface area contributed by atoms with Gasteiger partial charge in [0, 0.05) is 5.92 Å². The van der Waals surface area contributed by atoms with Crippen LogP contribution in [-0.4, -0.2) is 11.9 Å². The summed E-state index contributed by atoms with van der Waals surface area (Å²) in [6, 6.07) is 9.98. The summed E-state index contributed by atoms with van der Waals surface area (Å²) in [6.07, 6.45) is 1.44. The molecule has 96 valence electrons. The predicted molar refractivity (Wildman–Crippen MR) is 72.1 cm³/mol. The van der Waals surface area contributed by atoms with Gasteiger partial charge >= 0.3 is 0 Å². The van der Waals surface area contributed by atoms with E-state index >= 15 is 0 Å². The Labute approximate surface area is 109 Å². The quantitative estimate of drug-likeness (QED) is 0.811. The molecule has 0 aliphatic heterocycles. The third kappa shape index (κ3) is 2.70. The van der Waals surface area contributed by atoms with Gasteiger partial charge in [-0.05, 0) is 24.5 Å². The van der Waals surface area contributed by atoms with Gasteiger partial charge in [0.2, 0.25) is 0 Å². The molecule has 2 nitrogen and oxygen atoms in total. The van der Waals surface area contributed by atoms with Crippen LogP contribution in [0.25, 0.3) is 0 Å². The fraction of sp³-hybridized carbons (Fsp3) is 0.438. The normalized spacial score (nSPS) is 23.6. The van der Waals surface area contributed by atoms with Crippen LogP contribution in [0.3, 0.4) is 0 Å². The minimum absolute atomic E-state index is 0.113. The van der Waals surface area contributed by atoms with Crippen LogP contribution in [-0.2, 0) is 16.1 Å². The highest BCUT2D eigenvalue weighted by Gasteiger charge is 2.36. The van der Waals surface area contributed by atoms with E-state index in [1.54, 1.807) is 6.08 Å². The molecule has 1 aromatic carbocycles. The molecule has 0 fully saturated rings. The van der Waals surface area contributed by atoms with Crippen LogP contribution in [0, 0.1) is 11.8 Å². The lowest BCUT2D eigenvalue weighted by molar-refractivity contribution is -0.128. The smallest absolute Gasteiger partial charge is 0.184 e. The summed E-state index contributed by atoms with van der Waals surface area (Å²) in [7, 11) is 0. The van der Waals surface area contributed by atoms with Crippen LogP contribution in [0.15, 0.2) is 42.0 Å². The highest BCUT2D eigenvalue weighted by Crippen LogP contribution is 2.32. The van der Waals surface area contributed by atoms with Crippen molar-refractivity contribution in [2.45, 2.75) is 33.5 Å².